The monoisotopic (exact) mass is 332 g/mol. The molecule has 0 unspecified atom stereocenters. The van der Waals surface area contributed by atoms with Crippen LogP contribution in [-0.4, -0.2) is 17.4 Å². The van der Waals surface area contributed by atoms with Crippen LogP contribution in [0.3, 0.4) is 0 Å². The molecule has 1 amide bonds. The van der Waals surface area contributed by atoms with Crippen molar-refractivity contribution in [1.82, 2.24) is 4.98 Å². The van der Waals surface area contributed by atoms with Crippen molar-refractivity contribution in [2.75, 3.05) is 11.9 Å². The lowest BCUT2D eigenvalue weighted by Crippen LogP contribution is -2.84. The summed E-state index contributed by atoms with van der Waals surface area (Å²) in [5, 5.41) is 7.40. The molecule has 2 aliphatic rings. The first-order valence-electron chi connectivity index (χ1n) is 7.63. The fraction of sp³-hybridized carbons (Fsp3) is 0.375. The normalized spacial score (nSPS) is 16.2. The van der Waals surface area contributed by atoms with Crippen LogP contribution in [0.4, 0.5) is 5.00 Å². The summed E-state index contributed by atoms with van der Waals surface area (Å²) >= 11 is 3.51. The Morgan fingerprint density at radius 2 is 2.23 bits per heavy atom. The summed E-state index contributed by atoms with van der Waals surface area (Å²) < 4.78 is 0. The molecule has 1 aliphatic carbocycles. The minimum absolute atomic E-state index is 0.00922. The number of allylic oxidation sites excluding steroid dienone is 1. The number of nitrogens with one attached hydrogen (secondary N) is 1. The highest BCUT2D eigenvalue weighted by molar-refractivity contribution is 7.19. The van der Waals surface area contributed by atoms with Gasteiger partial charge in [0.05, 0.1) is 17.1 Å². The summed E-state index contributed by atoms with van der Waals surface area (Å²) in [6.07, 6.45) is 7.56. The van der Waals surface area contributed by atoms with Gasteiger partial charge in [0, 0.05) is 23.8 Å². The summed E-state index contributed by atoms with van der Waals surface area (Å²) in [6, 6.07) is 0. The molecule has 2 aromatic rings. The molecule has 0 aromatic carbocycles. The van der Waals surface area contributed by atoms with Crippen molar-refractivity contribution in [3.05, 3.63) is 27.1 Å². The average molecular weight is 332 g/mol. The summed E-state index contributed by atoms with van der Waals surface area (Å²) in [7, 11) is 0. The van der Waals surface area contributed by atoms with E-state index in [1.165, 1.54) is 20.9 Å². The van der Waals surface area contributed by atoms with Crippen molar-refractivity contribution in [2.24, 2.45) is 0 Å². The predicted molar refractivity (Wildman–Crippen MR) is 91.3 cm³/mol. The standard InChI is InChI=1S/C16H17N3OS2/c1-9(20)18-15-14(10-6-7-17-8-13(10)22-15)16-19-11-4-2-3-5-12(11)21-16/h2,4,17H,3,5-8H2,1H3,(H,18,20)/p+1. The van der Waals surface area contributed by atoms with Crippen LogP contribution in [0.15, 0.2) is 6.08 Å². The second-order valence-corrected chi connectivity index (χ2v) is 7.88. The van der Waals surface area contributed by atoms with Crippen molar-refractivity contribution in [3.8, 4) is 10.6 Å². The second-order valence-electron chi connectivity index (χ2n) is 5.69. The van der Waals surface area contributed by atoms with Crippen LogP contribution in [0.25, 0.3) is 16.6 Å². The van der Waals surface area contributed by atoms with E-state index in [9.17, 15) is 4.79 Å². The number of aromatic nitrogens is 1. The molecule has 0 saturated heterocycles. The fourth-order valence-corrected chi connectivity index (χ4v) is 5.58. The number of aryl methyl sites for hydroxylation is 1. The molecule has 6 heteroatoms. The lowest BCUT2D eigenvalue weighted by molar-refractivity contribution is -0.672. The van der Waals surface area contributed by atoms with Crippen LogP contribution in [0.1, 0.15) is 34.4 Å². The van der Waals surface area contributed by atoms with Gasteiger partial charge in [-0.15, -0.1) is 22.7 Å². The number of hydrogen-bond donors (Lipinski definition) is 2. The Morgan fingerprint density at radius 1 is 1.32 bits per heavy atom. The predicted octanol–water partition coefficient (Wildman–Crippen LogP) is 2.41. The number of carbonyl (C=O) groups excluding carboxylic acids is 1. The Labute approximate surface area is 137 Å². The van der Waals surface area contributed by atoms with Gasteiger partial charge >= 0.3 is 0 Å². The number of fused-ring (bicyclic) bond motifs is 2. The molecule has 0 fully saturated rings. The van der Waals surface area contributed by atoms with Crippen molar-refractivity contribution in [3.63, 3.8) is 0 Å². The van der Waals surface area contributed by atoms with Crippen molar-refractivity contribution >= 4 is 39.7 Å². The van der Waals surface area contributed by atoms with Crippen LogP contribution < -0.4 is 10.6 Å². The number of quaternary nitrogens is 1. The van der Waals surface area contributed by atoms with Crippen molar-refractivity contribution in [1.29, 1.82) is 0 Å². The average Bonchev–Trinajstić information content (AvgIpc) is 3.06. The summed E-state index contributed by atoms with van der Waals surface area (Å²) in [5.41, 5.74) is 3.68. The van der Waals surface area contributed by atoms with Crippen LogP contribution in [0.2, 0.25) is 0 Å². The molecule has 0 bridgehead atoms. The summed E-state index contributed by atoms with van der Waals surface area (Å²) in [4.78, 5) is 19.2. The van der Waals surface area contributed by atoms with E-state index in [2.05, 4.69) is 22.8 Å². The van der Waals surface area contributed by atoms with E-state index in [-0.39, 0.29) is 5.91 Å². The van der Waals surface area contributed by atoms with Gasteiger partial charge in [-0.1, -0.05) is 6.08 Å². The van der Waals surface area contributed by atoms with Crippen molar-refractivity contribution in [2.45, 2.75) is 32.7 Å². The molecular formula is C16H18N3OS2+. The Bertz CT molecular complexity index is 773. The summed E-state index contributed by atoms with van der Waals surface area (Å²) in [5.74, 6) is -0.00922. The molecule has 0 saturated carbocycles. The molecule has 114 valence electrons. The van der Waals surface area contributed by atoms with Crippen LogP contribution in [0.5, 0.6) is 0 Å². The second kappa shape index (κ2) is 5.61. The van der Waals surface area contributed by atoms with Gasteiger partial charge in [0.25, 0.3) is 0 Å². The maximum absolute atomic E-state index is 11.6. The number of carbonyl (C=O) groups is 1. The Morgan fingerprint density at radius 3 is 3.05 bits per heavy atom. The van der Waals surface area contributed by atoms with Gasteiger partial charge in [-0.25, -0.2) is 4.98 Å². The molecule has 3 N–H and O–H groups in total. The third kappa shape index (κ3) is 2.41. The minimum atomic E-state index is -0.00922. The number of nitrogens with zero attached hydrogens (tertiary/aromatic N) is 1. The van der Waals surface area contributed by atoms with Gasteiger partial charge in [0.15, 0.2) is 0 Å². The van der Waals surface area contributed by atoms with E-state index in [1.807, 2.05) is 0 Å². The highest BCUT2D eigenvalue weighted by atomic mass is 32.1. The Hall–Kier alpha value is -1.50. The minimum Gasteiger partial charge on any atom is -0.342 e. The first kappa shape index (κ1) is 14.1. The van der Waals surface area contributed by atoms with Crippen LogP contribution >= 0.6 is 22.7 Å². The lowest BCUT2D eigenvalue weighted by atomic mass is 10.0. The van der Waals surface area contributed by atoms with Crippen molar-refractivity contribution < 1.29 is 10.1 Å². The molecule has 4 nitrogen and oxygen atoms in total. The first-order chi connectivity index (χ1) is 10.7. The van der Waals surface area contributed by atoms with E-state index < -0.39 is 0 Å². The largest absolute Gasteiger partial charge is 0.342 e. The molecule has 0 spiro atoms. The number of hydrogen-bond acceptors (Lipinski definition) is 4. The molecule has 2 aromatic heterocycles. The molecule has 0 radical (unpaired) electrons. The van der Waals surface area contributed by atoms with E-state index in [0.717, 1.165) is 48.1 Å². The van der Waals surface area contributed by atoms with Gasteiger partial charge < -0.3 is 10.6 Å². The van der Waals surface area contributed by atoms with E-state index in [0.29, 0.717) is 0 Å². The maximum Gasteiger partial charge on any atom is 0.221 e. The smallest absolute Gasteiger partial charge is 0.221 e. The quantitative estimate of drug-likeness (QED) is 0.887. The van der Waals surface area contributed by atoms with E-state index >= 15 is 0 Å². The van der Waals surface area contributed by atoms with Gasteiger partial charge in [-0.05, 0) is 24.5 Å². The SMILES string of the molecule is CC(=O)Nc1sc2c(c1-c1nc3c(s1)CCC=C3)CC[NH2+]C2. The van der Waals surface area contributed by atoms with E-state index in [1.54, 1.807) is 29.6 Å². The number of thiazole rings is 1. The van der Waals surface area contributed by atoms with Gasteiger partial charge in [0.2, 0.25) is 5.91 Å². The number of rotatable bonds is 2. The molecular weight excluding hydrogens is 314 g/mol. The van der Waals surface area contributed by atoms with Crippen LogP contribution in [-0.2, 0) is 24.2 Å². The van der Waals surface area contributed by atoms with Gasteiger partial charge in [-0.3, -0.25) is 4.79 Å². The topological polar surface area (TPSA) is 58.6 Å². The highest BCUT2D eigenvalue weighted by Gasteiger charge is 2.26. The van der Waals surface area contributed by atoms with Gasteiger partial charge in [-0.2, -0.15) is 0 Å². The van der Waals surface area contributed by atoms with Crippen LogP contribution in [0, 0.1) is 0 Å². The zero-order chi connectivity index (χ0) is 15.1. The zero-order valence-electron chi connectivity index (χ0n) is 12.4. The summed E-state index contributed by atoms with van der Waals surface area (Å²) in [6.45, 7) is 3.70. The third-order valence-corrected chi connectivity index (χ3v) is 6.38. The number of amides is 1. The fourth-order valence-electron chi connectivity index (χ4n) is 3.08. The van der Waals surface area contributed by atoms with E-state index in [4.69, 9.17) is 4.98 Å². The zero-order valence-corrected chi connectivity index (χ0v) is 14.1. The lowest BCUT2D eigenvalue weighted by Gasteiger charge is -2.10. The number of anilines is 1. The number of nitrogens with two attached hydrogens (primary N) is 1. The highest BCUT2D eigenvalue weighted by Crippen LogP contribution is 2.44. The number of thiophene rings is 1. The molecule has 0 atom stereocenters. The Kier molecular flexibility index (Phi) is 3.60. The molecule has 3 heterocycles. The Balaban J connectivity index is 1.85. The maximum atomic E-state index is 11.6. The molecule has 22 heavy (non-hydrogen) atoms. The third-order valence-electron chi connectivity index (χ3n) is 4.06. The van der Waals surface area contributed by atoms with Gasteiger partial charge in [0.1, 0.15) is 16.6 Å². The first-order valence-corrected chi connectivity index (χ1v) is 9.26. The molecule has 1 aliphatic heterocycles. The molecule has 4 rings (SSSR count).